The van der Waals surface area contributed by atoms with Crippen LogP contribution in [-0.2, 0) is 11.2 Å². The van der Waals surface area contributed by atoms with Gasteiger partial charge < -0.3 is 20.4 Å². The summed E-state index contributed by atoms with van der Waals surface area (Å²) in [7, 11) is 0. The summed E-state index contributed by atoms with van der Waals surface area (Å²) in [5, 5.41) is 7.37. The van der Waals surface area contributed by atoms with Crippen molar-refractivity contribution in [3.63, 3.8) is 0 Å². The summed E-state index contributed by atoms with van der Waals surface area (Å²) in [5.74, 6) is 0. The van der Waals surface area contributed by atoms with Crippen LogP contribution in [0.2, 0.25) is 0 Å². The first-order valence-corrected chi connectivity index (χ1v) is 10.4. The first-order valence-electron chi connectivity index (χ1n) is 10.4. The Morgan fingerprint density at radius 2 is 1.81 bits per heavy atom. The first kappa shape index (κ1) is 22.2. The van der Waals surface area contributed by atoms with Gasteiger partial charge in [0.1, 0.15) is 5.60 Å². The van der Waals surface area contributed by atoms with Gasteiger partial charge in [-0.25, -0.2) is 4.79 Å². The summed E-state index contributed by atoms with van der Waals surface area (Å²) in [6.45, 7) is 11.8. The summed E-state index contributed by atoms with van der Waals surface area (Å²) in [6.07, 6.45) is 4.00. The molecule has 0 spiro atoms. The van der Waals surface area contributed by atoms with Crippen LogP contribution in [0.5, 0.6) is 0 Å². The maximum Gasteiger partial charge on any atom is 0.408 e. The second kappa shape index (κ2) is 9.56. The van der Waals surface area contributed by atoms with Crippen molar-refractivity contribution in [3.05, 3.63) is 90.4 Å². The van der Waals surface area contributed by atoms with E-state index in [1.807, 2.05) is 76.5 Å². The molecule has 0 bridgehead atoms. The molecular weight excluding hydrogens is 386 g/mol. The van der Waals surface area contributed by atoms with Crippen molar-refractivity contribution in [2.75, 3.05) is 0 Å². The average molecular weight is 418 g/mol. The van der Waals surface area contributed by atoms with Crippen LogP contribution in [0.15, 0.2) is 79.3 Å². The molecule has 0 aliphatic rings. The number of hydrogen-bond donors (Lipinski definition) is 3. The van der Waals surface area contributed by atoms with Crippen LogP contribution < -0.4 is 10.6 Å². The number of carbonyl (C=O) groups excluding carboxylic acids is 1. The largest absolute Gasteiger partial charge is 0.444 e. The Kier molecular flexibility index (Phi) is 6.85. The highest BCUT2D eigenvalue weighted by Gasteiger charge is 2.22. The van der Waals surface area contributed by atoms with Gasteiger partial charge in [0.05, 0.1) is 6.04 Å². The van der Waals surface area contributed by atoms with Gasteiger partial charge in [-0.3, -0.25) is 0 Å². The third-order valence-corrected chi connectivity index (χ3v) is 4.91. The fourth-order valence-electron chi connectivity index (χ4n) is 3.32. The lowest BCUT2D eigenvalue weighted by molar-refractivity contribution is 0.0511. The molecule has 2 aromatic carbocycles. The molecular formula is C26H31N3O2. The summed E-state index contributed by atoms with van der Waals surface area (Å²) in [6, 6.07) is 17.9. The van der Waals surface area contributed by atoms with E-state index >= 15 is 0 Å². The highest BCUT2D eigenvalue weighted by atomic mass is 16.6. The van der Waals surface area contributed by atoms with E-state index < -0.39 is 11.7 Å². The molecule has 0 radical (unpaired) electrons. The molecule has 1 atom stereocenters. The maximum absolute atomic E-state index is 12.5. The number of aromatic amines is 1. The molecule has 5 nitrogen and oxygen atoms in total. The Bertz CT molecular complexity index is 1070. The van der Waals surface area contributed by atoms with Gasteiger partial charge >= 0.3 is 6.09 Å². The molecule has 0 aliphatic heterocycles. The van der Waals surface area contributed by atoms with Gasteiger partial charge in [0.15, 0.2) is 0 Å². The number of aromatic nitrogens is 1. The van der Waals surface area contributed by atoms with Crippen LogP contribution in [0.4, 0.5) is 4.79 Å². The fraction of sp³-hybridized carbons (Fsp3) is 0.269. The van der Waals surface area contributed by atoms with Gasteiger partial charge in [-0.2, -0.15) is 0 Å². The van der Waals surface area contributed by atoms with E-state index in [-0.39, 0.29) is 6.04 Å². The Hall–Kier alpha value is -3.47. The lowest BCUT2D eigenvalue weighted by Crippen LogP contribution is -2.43. The van der Waals surface area contributed by atoms with E-state index in [9.17, 15) is 4.79 Å². The van der Waals surface area contributed by atoms with Gasteiger partial charge in [-0.1, -0.05) is 55.1 Å². The third-order valence-electron chi connectivity index (χ3n) is 4.91. The second-order valence-corrected chi connectivity index (χ2v) is 8.63. The Labute approximate surface area is 184 Å². The Morgan fingerprint density at radius 1 is 1.13 bits per heavy atom. The van der Waals surface area contributed by atoms with Crippen molar-refractivity contribution >= 4 is 22.6 Å². The van der Waals surface area contributed by atoms with E-state index in [0.29, 0.717) is 12.1 Å². The third kappa shape index (κ3) is 6.25. The van der Waals surface area contributed by atoms with Crippen molar-refractivity contribution < 1.29 is 9.53 Å². The number of alkyl carbamates (subject to hydrolysis) is 1. The number of allylic oxidation sites excluding steroid dienone is 1. The lowest BCUT2D eigenvalue weighted by atomic mass is 10.0. The SMILES string of the molecule is C=C(N/C=C(\C)c1ccccc1)[C@@H](Cc1c[nH]c2ccccc12)NC(=O)OC(C)(C)C. The summed E-state index contributed by atoms with van der Waals surface area (Å²) in [5.41, 5.74) is 4.47. The molecule has 1 aromatic heterocycles. The number of fused-ring (bicyclic) bond motifs is 1. The van der Waals surface area contributed by atoms with Gasteiger partial charge in [0.2, 0.25) is 0 Å². The van der Waals surface area contributed by atoms with Gasteiger partial charge in [-0.05, 0) is 50.5 Å². The topological polar surface area (TPSA) is 66.2 Å². The van der Waals surface area contributed by atoms with Crippen molar-refractivity contribution in [2.45, 2.75) is 45.8 Å². The molecule has 31 heavy (non-hydrogen) atoms. The van der Waals surface area contributed by atoms with Crippen LogP contribution in [0, 0.1) is 0 Å². The van der Waals surface area contributed by atoms with Gasteiger partial charge in [0.25, 0.3) is 0 Å². The molecule has 3 aromatic rings. The van der Waals surface area contributed by atoms with E-state index in [4.69, 9.17) is 4.74 Å². The first-order chi connectivity index (χ1) is 14.7. The predicted molar refractivity (Wildman–Crippen MR) is 128 cm³/mol. The number of nitrogens with one attached hydrogen (secondary N) is 3. The number of hydrogen-bond acceptors (Lipinski definition) is 3. The van der Waals surface area contributed by atoms with E-state index in [2.05, 4.69) is 40.4 Å². The predicted octanol–water partition coefficient (Wildman–Crippen LogP) is 5.77. The highest BCUT2D eigenvalue weighted by Crippen LogP contribution is 2.21. The standard InChI is InChI=1S/C26H31N3O2/c1-18(20-11-7-6-8-12-20)16-27-19(2)24(29-25(30)31-26(3,4)5)15-21-17-28-23-14-10-9-13-22(21)23/h6-14,16-17,24,27-28H,2,15H2,1,3-5H3,(H,29,30)/b18-16+/t24-/m1/s1. The minimum Gasteiger partial charge on any atom is -0.444 e. The number of benzene rings is 2. The summed E-state index contributed by atoms with van der Waals surface area (Å²) >= 11 is 0. The molecule has 0 fully saturated rings. The van der Waals surface area contributed by atoms with Gasteiger partial charge in [-0.15, -0.1) is 0 Å². The molecule has 3 rings (SSSR count). The maximum atomic E-state index is 12.5. The van der Waals surface area contributed by atoms with Gasteiger partial charge in [0, 0.05) is 35.4 Å². The minimum absolute atomic E-state index is 0.353. The monoisotopic (exact) mass is 417 g/mol. The van der Waals surface area contributed by atoms with Crippen molar-refractivity contribution in [1.82, 2.24) is 15.6 Å². The minimum atomic E-state index is -0.575. The van der Waals surface area contributed by atoms with Crippen LogP contribution in [0.1, 0.15) is 38.8 Å². The zero-order chi connectivity index (χ0) is 22.4. The number of H-pyrrole nitrogens is 1. The zero-order valence-corrected chi connectivity index (χ0v) is 18.7. The van der Waals surface area contributed by atoms with Crippen LogP contribution in [0.25, 0.3) is 16.5 Å². The average Bonchev–Trinajstić information content (AvgIpc) is 3.13. The highest BCUT2D eigenvalue weighted by molar-refractivity contribution is 5.83. The van der Waals surface area contributed by atoms with E-state index in [1.165, 1.54) is 0 Å². The number of rotatable bonds is 7. The normalized spacial score (nSPS) is 13.0. The Morgan fingerprint density at radius 3 is 2.52 bits per heavy atom. The van der Waals surface area contributed by atoms with E-state index in [0.717, 1.165) is 27.6 Å². The molecule has 3 N–H and O–H groups in total. The molecule has 1 amide bonds. The van der Waals surface area contributed by atoms with Crippen molar-refractivity contribution in [1.29, 1.82) is 0 Å². The molecule has 162 valence electrons. The number of ether oxygens (including phenoxy) is 1. The molecule has 5 heteroatoms. The van der Waals surface area contributed by atoms with Crippen LogP contribution in [-0.4, -0.2) is 22.7 Å². The fourth-order valence-corrected chi connectivity index (χ4v) is 3.32. The summed E-state index contributed by atoms with van der Waals surface area (Å²) < 4.78 is 5.48. The molecule has 1 heterocycles. The van der Waals surface area contributed by atoms with Crippen molar-refractivity contribution in [3.8, 4) is 0 Å². The zero-order valence-electron chi connectivity index (χ0n) is 18.7. The van der Waals surface area contributed by atoms with E-state index in [1.54, 1.807) is 0 Å². The second-order valence-electron chi connectivity index (χ2n) is 8.63. The quantitative estimate of drug-likeness (QED) is 0.457. The molecule has 0 unspecified atom stereocenters. The molecule has 0 saturated heterocycles. The molecule has 0 saturated carbocycles. The Balaban J connectivity index is 1.79. The van der Waals surface area contributed by atoms with Crippen LogP contribution >= 0.6 is 0 Å². The smallest absolute Gasteiger partial charge is 0.408 e. The summed E-state index contributed by atoms with van der Waals surface area (Å²) in [4.78, 5) is 15.8. The lowest BCUT2D eigenvalue weighted by Gasteiger charge is -2.25. The number of para-hydroxylation sites is 1. The van der Waals surface area contributed by atoms with Crippen molar-refractivity contribution in [2.24, 2.45) is 0 Å². The van der Waals surface area contributed by atoms with Crippen LogP contribution in [0.3, 0.4) is 0 Å². The number of carbonyl (C=O) groups is 1. The molecule has 0 aliphatic carbocycles. The number of amides is 1.